The van der Waals surface area contributed by atoms with E-state index in [9.17, 15) is 8.42 Å². The first-order chi connectivity index (χ1) is 9.49. The third-order valence-electron chi connectivity index (χ3n) is 4.01. The first-order valence-electron chi connectivity index (χ1n) is 7.37. The van der Waals surface area contributed by atoms with Crippen LogP contribution in [0.1, 0.15) is 37.9 Å². The Balaban J connectivity index is 1.82. The van der Waals surface area contributed by atoms with Gasteiger partial charge in [0.1, 0.15) is 0 Å². The van der Waals surface area contributed by atoms with Crippen LogP contribution in [0.4, 0.5) is 0 Å². The molecule has 1 N–H and O–H groups in total. The number of sulfone groups is 1. The van der Waals surface area contributed by atoms with E-state index in [1.165, 1.54) is 11.3 Å². The third-order valence-corrected chi connectivity index (χ3v) is 6.22. The second-order valence-electron chi connectivity index (χ2n) is 5.75. The zero-order chi connectivity index (χ0) is 14.6. The van der Waals surface area contributed by atoms with Crippen LogP contribution in [-0.4, -0.2) is 37.0 Å². The molecule has 0 saturated heterocycles. The summed E-state index contributed by atoms with van der Waals surface area (Å²) >= 11 is 0. The Morgan fingerprint density at radius 3 is 2.85 bits per heavy atom. The molecule has 0 saturated carbocycles. The Labute approximate surface area is 121 Å². The lowest BCUT2D eigenvalue weighted by atomic mass is 10.1. The Morgan fingerprint density at radius 1 is 1.35 bits per heavy atom. The molecule has 0 spiro atoms. The largest absolute Gasteiger partial charge is 0.313 e. The van der Waals surface area contributed by atoms with Gasteiger partial charge in [-0.3, -0.25) is 4.98 Å². The van der Waals surface area contributed by atoms with Gasteiger partial charge in [-0.05, 0) is 51.2 Å². The van der Waals surface area contributed by atoms with Crippen molar-refractivity contribution >= 4 is 9.84 Å². The number of rotatable bonds is 5. The van der Waals surface area contributed by atoms with Gasteiger partial charge in [-0.1, -0.05) is 6.07 Å². The van der Waals surface area contributed by atoms with E-state index in [4.69, 9.17) is 0 Å². The molecular weight excluding hydrogens is 272 g/mol. The van der Waals surface area contributed by atoms with Gasteiger partial charge in [0.05, 0.1) is 11.0 Å². The normalized spacial score (nSPS) is 19.6. The average molecular weight is 296 g/mol. The molecule has 4 nitrogen and oxygen atoms in total. The summed E-state index contributed by atoms with van der Waals surface area (Å²) in [5, 5.41) is 3.12. The Morgan fingerprint density at radius 2 is 2.10 bits per heavy atom. The van der Waals surface area contributed by atoms with Crippen LogP contribution >= 0.6 is 0 Å². The van der Waals surface area contributed by atoms with E-state index in [0.717, 1.165) is 25.7 Å². The summed E-state index contributed by atoms with van der Waals surface area (Å²) in [6.45, 7) is 4.03. The van der Waals surface area contributed by atoms with Gasteiger partial charge in [0.2, 0.25) is 0 Å². The minimum Gasteiger partial charge on any atom is -0.313 e. The highest BCUT2D eigenvalue weighted by molar-refractivity contribution is 7.92. The minimum atomic E-state index is -2.94. The lowest BCUT2D eigenvalue weighted by Crippen LogP contribution is -2.34. The monoisotopic (exact) mass is 296 g/mol. The van der Waals surface area contributed by atoms with Gasteiger partial charge in [0.15, 0.2) is 9.84 Å². The molecule has 0 fully saturated rings. The first kappa shape index (κ1) is 15.4. The molecule has 0 aromatic carbocycles. The van der Waals surface area contributed by atoms with Crippen molar-refractivity contribution in [1.82, 2.24) is 10.3 Å². The fraction of sp³-hybridized carbons (Fsp3) is 0.667. The van der Waals surface area contributed by atoms with E-state index in [0.29, 0.717) is 12.6 Å². The Hall–Kier alpha value is -0.940. The molecule has 1 unspecified atom stereocenters. The number of hydrogen-bond donors (Lipinski definition) is 1. The van der Waals surface area contributed by atoms with Gasteiger partial charge in [-0.15, -0.1) is 0 Å². The molecule has 0 bridgehead atoms. The predicted octanol–water partition coefficient (Wildman–Crippen LogP) is 1.74. The van der Waals surface area contributed by atoms with Gasteiger partial charge in [0.25, 0.3) is 0 Å². The molecule has 1 heterocycles. The smallest absolute Gasteiger partial charge is 0.153 e. The number of hydrogen-bond acceptors (Lipinski definition) is 4. The Bertz CT molecular complexity index is 514. The SMILES string of the molecule is CC(C)S(=O)(=O)CCNC1CCc2cccnc2CC1. The van der Waals surface area contributed by atoms with Crippen LogP contribution in [0.3, 0.4) is 0 Å². The highest BCUT2D eigenvalue weighted by atomic mass is 32.2. The maximum atomic E-state index is 11.8. The summed E-state index contributed by atoms with van der Waals surface area (Å²) in [4.78, 5) is 4.43. The zero-order valence-corrected chi connectivity index (χ0v) is 13.1. The molecule has 1 aliphatic rings. The fourth-order valence-electron chi connectivity index (χ4n) is 2.55. The second kappa shape index (κ2) is 6.68. The maximum Gasteiger partial charge on any atom is 0.153 e. The second-order valence-corrected chi connectivity index (χ2v) is 8.43. The number of nitrogens with zero attached hydrogens (tertiary/aromatic N) is 1. The predicted molar refractivity (Wildman–Crippen MR) is 81.6 cm³/mol. The van der Waals surface area contributed by atoms with E-state index in [2.05, 4.69) is 16.4 Å². The first-order valence-corrected chi connectivity index (χ1v) is 9.08. The van der Waals surface area contributed by atoms with Crippen LogP contribution in [0, 0.1) is 0 Å². The van der Waals surface area contributed by atoms with Crippen LogP contribution < -0.4 is 5.32 Å². The van der Waals surface area contributed by atoms with Crippen LogP contribution in [0.15, 0.2) is 18.3 Å². The molecule has 0 amide bonds. The van der Waals surface area contributed by atoms with Crippen molar-refractivity contribution in [3.8, 4) is 0 Å². The van der Waals surface area contributed by atoms with Crippen molar-refractivity contribution < 1.29 is 8.42 Å². The summed E-state index contributed by atoms with van der Waals surface area (Å²) in [7, 11) is -2.94. The van der Waals surface area contributed by atoms with Gasteiger partial charge >= 0.3 is 0 Å². The molecule has 1 atom stereocenters. The van der Waals surface area contributed by atoms with Gasteiger partial charge in [-0.25, -0.2) is 8.42 Å². The van der Waals surface area contributed by atoms with Crippen LogP contribution in [0.25, 0.3) is 0 Å². The van der Waals surface area contributed by atoms with Crippen molar-refractivity contribution in [2.75, 3.05) is 12.3 Å². The molecule has 0 aliphatic heterocycles. The number of fused-ring (bicyclic) bond motifs is 1. The van der Waals surface area contributed by atoms with E-state index in [1.807, 2.05) is 12.3 Å². The third kappa shape index (κ3) is 4.03. The molecule has 1 aromatic rings. The molecule has 1 aromatic heterocycles. The van der Waals surface area contributed by atoms with E-state index < -0.39 is 9.84 Å². The zero-order valence-electron chi connectivity index (χ0n) is 12.3. The van der Waals surface area contributed by atoms with Crippen LogP contribution in [0.2, 0.25) is 0 Å². The summed E-state index contributed by atoms with van der Waals surface area (Å²) in [6, 6.07) is 4.53. The van der Waals surface area contributed by atoms with E-state index in [1.54, 1.807) is 13.8 Å². The number of nitrogens with one attached hydrogen (secondary N) is 1. The van der Waals surface area contributed by atoms with Crippen molar-refractivity contribution in [1.29, 1.82) is 0 Å². The maximum absolute atomic E-state index is 11.8. The van der Waals surface area contributed by atoms with Gasteiger partial charge < -0.3 is 5.32 Å². The molecule has 1 aliphatic carbocycles. The fourth-order valence-corrected chi connectivity index (χ4v) is 3.43. The van der Waals surface area contributed by atoms with Crippen molar-refractivity contribution in [3.05, 3.63) is 29.6 Å². The molecule has 112 valence electrons. The summed E-state index contributed by atoms with van der Waals surface area (Å²) in [6.07, 6.45) is 5.94. The molecule has 20 heavy (non-hydrogen) atoms. The summed E-state index contributed by atoms with van der Waals surface area (Å²) < 4.78 is 23.5. The topological polar surface area (TPSA) is 59.1 Å². The molecule has 0 radical (unpaired) electrons. The van der Waals surface area contributed by atoms with E-state index in [-0.39, 0.29) is 11.0 Å². The molecule has 2 rings (SSSR count). The number of aryl methyl sites for hydroxylation is 2. The van der Waals surface area contributed by atoms with Crippen molar-refractivity contribution in [3.63, 3.8) is 0 Å². The lowest BCUT2D eigenvalue weighted by molar-refractivity contribution is 0.473. The van der Waals surface area contributed by atoms with Gasteiger partial charge in [-0.2, -0.15) is 0 Å². The quantitative estimate of drug-likeness (QED) is 0.841. The Kier molecular flexibility index (Phi) is 5.16. The average Bonchev–Trinajstić information content (AvgIpc) is 2.61. The van der Waals surface area contributed by atoms with Crippen molar-refractivity contribution in [2.24, 2.45) is 0 Å². The van der Waals surface area contributed by atoms with Crippen molar-refractivity contribution in [2.45, 2.75) is 50.8 Å². The van der Waals surface area contributed by atoms with Crippen LogP contribution in [-0.2, 0) is 22.7 Å². The van der Waals surface area contributed by atoms with Crippen LogP contribution in [0.5, 0.6) is 0 Å². The minimum absolute atomic E-state index is 0.229. The highest BCUT2D eigenvalue weighted by Gasteiger charge is 2.19. The lowest BCUT2D eigenvalue weighted by Gasteiger charge is -2.16. The summed E-state index contributed by atoms with van der Waals surface area (Å²) in [5.41, 5.74) is 2.54. The molecular formula is C15H24N2O2S. The standard InChI is InChI=1S/C15H24N2O2S/c1-12(2)20(18,19)11-10-16-14-6-5-13-4-3-9-17-15(13)8-7-14/h3-4,9,12,14,16H,5-8,10-11H2,1-2H3. The van der Waals surface area contributed by atoms with E-state index >= 15 is 0 Å². The molecule has 5 heteroatoms. The highest BCUT2D eigenvalue weighted by Crippen LogP contribution is 2.18. The van der Waals surface area contributed by atoms with Gasteiger partial charge in [0, 0.05) is 24.5 Å². The number of aromatic nitrogens is 1. The summed E-state index contributed by atoms with van der Waals surface area (Å²) in [5.74, 6) is 0.229. The number of pyridine rings is 1.